The van der Waals surface area contributed by atoms with Crippen LogP contribution in [0.2, 0.25) is 0 Å². The zero-order valence-electron chi connectivity index (χ0n) is 15.4. The lowest BCUT2D eigenvalue weighted by atomic mass is 10.1. The number of hydrogen-bond donors (Lipinski definition) is 2. The van der Waals surface area contributed by atoms with Crippen molar-refractivity contribution in [1.29, 1.82) is 0 Å². The smallest absolute Gasteiger partial charge is 0.161 e. The summed E-state index contributed by atoms with van der Waals surface area (Å²) in [5.41, 5.74) is 8.97. The van der Waals surface area contributed by atoms with Gasteiger partial charge in [0, 0.05) is 22.1 Å². The highest BCUT2D eigenvalue weighted by atomic mass is 79.9. The molecule has 0 unspecified atom stereocenters. The summed E-state index contributed by atoms with van der Waals surface area (Å²) in [5, 5.41) is 5.62. The van der Waals surface area contributed by atoms with Crippen LogP contribution in [0.25, 0.3) is 10.8 Å². The fraction of sp³-hybridized carbons (Fsp3) is 0.0909. The van der Waals surface area contributed by atoms with Gasteiger partial charge in [-0.05, 0) is 42.6 Å². The van der Waals surface area contributed by atoms with Crippen LogP contribution in [0.15, 0.2) is 77.5 Å². The van der Waals surface area contributed by atoms with Gasteiger partial charge in [0.2, 0.25) is 0 Å². The van der Waals surface area contributed by atoms with Crippen molar-refractivity contribution >= 4 is 55.4 Å². The van der Waals surface area contributed by atoms with Gasteiger partial charge in [0.05, 0.1) is 5.69 Å². The summed E-state index contributed by atoms with van der Waals surface area (Å²) >= 11 is 3.45. The second kappa shape index (κ2) is 7.86. The SMILES string of the molecule is CCN(c1ncnc(Nc2ccc(Br)cc2)c1N)c1cccc2ccccc12. The molecule has 0 aliphatic carbocycles. The first-order valence-corrected chi connectivity index (χ1v) is 9.85. The summed E-state index contributed by atoms with van der Waals surface area (Å²) in [6.07, 6.45) is 1.54. The first-order chi connectivity index (χ1) is 13.7. The van der Waals surface area contributed by atoms with Crippen LogP contribution < -0.4 is 16.0 Å². The third-order valence-corrected chi connectivity index (χ3v) is 5.13. The molecule has 0 saturated carbocycles. The largest absolute Gasteiger partial charge is 0.393 e. The van der Waals surface area contributed by atoms with Crippen molar-refractivity contribution in [3.05, 3.63) is 77.5 Å². The number of nitrogens with one attached hydrogen (secondary N) is 1. The number of nitrogens with two attached hydrogens (primary N) is 1. The number of nitrogens with zero attached hydrogens (tertiary/aromatic N) is 3. The van der Waals surface area contributed by atoms with Crippen LogP contribution in [-0.4, -0.2) is 16.5 Å². The van der Waals surface area contributed by atoms with Gasteiger partial charge in [-0.3, -0.25) is 0 Å². The van der Waals surface area contributed by atoms with Gasteiger partial charge < -0.3 is 16.0 Å². The van der Waals surface area contributed by atoms with E-state index in [0.717, 1.165) is 27.8 Å². The number of nitrogen functional groups attached to an aromatic ring is 1. The van der Waals surface area contributed by atoms with Gasteiger partial charge in [-0.15, -0.1) is 0 Å². The van der Waals surface area contributed by atoms with Crippen LogP contribution in [0, 0.1) is 0 Å². The zero-order valence-corrected chi connectivity index (χ0v) is 17.0. The Morgan fingerprint density at radius 3 is 2.50 bits per heavy atom. The molecule has 1 aromatic heterocycles. The summed E-state index contributed by atoms with van der Waals surface area (Å²) in [6.45, 7) is 2.82. The Balaban J connectivity index is 1.76. The first kappa shape index (κ1) is 18.3. The van der Waals surface area contributed by atoms with Gasteiger partial charge in [0.1, 0.15) is 12.0 Å². The number of fused-ring (bicyclic) bond motifs is 1. The van der Waals surface area contributed by atoms with E-state index in [1.807, 2.05) is 36.4 Å². The van der Waals surface area contributed by atoms with E-state index >= 15 is 0 Å². The minimum absolute atomic E-state index is 0.514. The topological polar surface area (TPSA) is 67.1 Å². The van der Waals surface area contributed by atoms with Crippen LogP contribution >= 0.6 is 15.9 Å². The highest BCUT2D eigenvalue weighted by molar-refractivity contribution is 9.10. The molecule has 28 heavy (non-hydrogen) atoms. The van der Waals surface area contributed by atoms with E-state index in [1.54, 1.807) is 6.33 Å². The van der Waals surface area contributed by atoms with E-state index in [9.17, 15) is 0 Å². The highest BCUT2D eigenvalue weighted by Crippen LogP contribution is 2.36. The number of aromatic nitrogens is 2. The monoisotopic (exact) mass is 433 g/mol. The van der Waals surface area contributed by atoms with E-state index in [2.05, 4.69) is 73.4 Å². The third kappa shape index (κ3) is 3.51. The second-order valence-electron chi connectivity index (χ2n) is 6.33. The maximum absolute atomic E-state index is 6.48. The normalized spacial score (nSPS) is 10.8. The molecule has 0 spiro atoms. The van der Waals surface area contributed by atoms with Gasteiger partial charge in [-0.1, -0.05) is 52.3 Å². The van der Waals surface area contributed by atoms with Crippen LogP contribution in [-0.2, 0) is 0 Å². The van der Waals surface area contributed by atoms with E-state index in [0.29, 0.717) is 17.3 Å². The number of rotatable bonds is 5. The lowest BCUT2D eigenvalue weighted by Crippen LogP contribution is -2.20. The molecular weight excluding hydrogens is 414 g/mol. The minimum atomic E-state index is 0.514. The van der Waals surface area contributed by atoms with Crippen molar-refractivity contribution in [3.8, 4) is 0 Å². The average molecular weight is 434 g/mol. The maximum atomic E-state index is 6.48. The second-order valence-corrected chi connectivity index (χ2v) is 7.25. The van der Waals surface area contributed by atoms with Crippen molar-refractivity contribution in [2.24, 2.45) is 0 Å². The zero-order chi connectivity index (χ0) is 19.5. The van der Waals surface area contributed by atoms with Crippen molar-refractivity contribution in [2.45, 2.75) is 6.92 Å². The van der Waals surface area contributed by atoms with Crippen LogP contribution in [0.5, 0.6) is 0 Å². The average Bonchev–Trinajstić information content (AvgIpc) is 2.73. The van der Waals surface area contributed by atoms with Crippen molar-refractivity contribution in [3.63, 3.8) is 0 Å². The molecule has 0 saturated heterocycles. The summed E-state index contributed by atoms with van der Waals surface area (Å²) in [6, 6.07) is 22.4. The summed E-state index contributed by atoms with van der Waals surface area (Å²) < 4.78 is 1.02. The summed E-state index contributed by atoms with van der Waals surface area (Å²) in [4.78, 5) is 11.0. The lowest BCUT2D eigenvalue weighted by molar-refractivity contribution is 0.985. The van der Waals surface area contributed by atoms with Gasteiger partial charge in [0.25, 0.3) is 0 Å². The molecule has 140 valence electrons. The number of benzene rings is 3. The van der Waals surface area contributed by atoms with Gasteiger partial charge in [0.15, 0.2) is 11.6 Å². The Kier molecular flexibility index (Phi) is 5.12. The standard InChI is InChI=1S/C22H20BrN5/c1-2-28(19-9-5-7-15-6-3-4-8-18(15)19)22-20(24)21(25-14-26-22)27-17-12-10-16(23)11-13-17/h3-14H,2,24H2,1H3,(H,25,26,27). The molecule has 0 amide bonds. The van der Waals surface area contributed by atoms with Crippen LogP contribution in [0.1, 0.15) is 6.92 Å². The molecule has 0 aliphatic heterocycles. The predicted molar refractivity (Wildman–Crippen MR) is 120 cm³/mol. The molecule has 3 aromatic carbocycles. The van der Waals surface area contributed by atoms with E-state index in [4.69, 9.17) is 5.73 Å². The molecule has 0 fully saturated rings. The summed E-state index contributed by atoms with van der Waals surface area (Å²) in [7, 11) is 0. The minimum Gasteiger partial charge on any atom is -0.393 e. The number of anilines is 5. The maximum Gasteiger partial charge on any atom is 0.161 e. The Labute approximate surface area is 172 Å². The molecule has 0 atom stereocenters. The lowest BCUT2D eigenvalue weighted by Gasteiger charge is -2.25. The van der Waals surface area contributed by atoms with Crippen molar-refractivity contribution in [2.75, 3.05) is 22.5 Å². The Morgan fingerprint density at radius 1 is 0.964 bits per heavy atom. The van der Waals surface area contributed by atoms with E-state index < -0.39 is 0 Å². The molecule has 1 heterocycles. The van der Waals surface area contributed by atoms with Crippen molar-refractivity contribution in [1.82, 2.24) is 9.97 Å². The Hall–Kier alpha value is -3.12. The van der Waals surface area contributed by atoms with E-state index in [-0.39, 0.29) is 0 Å². The van der Waals surface area contributed by atoms with Crippen molar-refractivity contribution < 1.29 is 0 Å². The molecule has 3 N–H and O–H groups in total. The van der Waals surface area contributed by atoms with Gasteiger partial charge in [-0.2, -0.15) is 0 Å². The summed E-state index contributed by atoms with van der Waals surface area (Å²) in [5.74, 6) is 1.28. The molecule has 4 rings (SSSR count). The molecule has 4 aromatic rings. The fourth-order valence-electron chi connectivity index (χ4n) is 3.25. The molecule has 0 radical (unpaired) electrons. The number of halogens is 1. The first-order valence-electron chi connectivity index (χ1n) is 9.05. The fourth-order valence-corrected chi connectivity index (χ4v) is 3.51. The molecule has 0 bridgehead atoms. The molecule has 6 heteroatoms. The third-order valence-electron chi connectivity index (χ3n) is 4.60. The highest BCUT2D eigenvalue weighted by Gasteiger charge is 2.17. The van der Waals surface area contributed by atoms with Crippen LogP contribution in [0.3, 0.4) is 0 Å². The Morgan fingerprint density at radius 2 is 1.71 bits per heavy atom. The molecule has 5 nitrogen and oxygen atoms in total. The molecule has 0 aliphatic rings. The van der Waals surface area contributed by atoms with Gasteiger partial charge >= 0.3 is 0 Å². The Bertz CT molecular complexity index is 1110. The van der Waals surface area contributed by atoms with Gasteiger partial charge in [-0.25, -0.2) is 9.97 Å². The predicted octanol–water partition coefficient (Wildman–Crippen LogP) is 5.88. The quantitative estimate of drug-likeness (QED) is 0.411. The number of hydrogen-bond acceptors (Lipinski definition) is 5. The molecular formula is C22H20BrN5. The van der Waals surface area contributed by atoms with Crippen LogP contribution in [0.4, 0.5) is 28.7 Å². The van der Waals surface area contributed by atoms with E-state index in [1.165, 1.54) is 5.39 Å².